The van der Waals surface area contributed by atoms with E-state index in [0.717, 1.165) is 5.56 Å². The van der Waals surface area contributed by atoms with Crippen molar-refractivity contribution < 1.29 is 18.7 Å². The molecule has 3 heterocycles. The number of methoxy groups -OCH3 is 1. The van der Waals surface area contributed by atoms with Crippen LogP contribution >= 0.6 is 11.6 Å². The molecule has 1 amide bonds. The van der Waals surface area contributed by atoms with Crippen molar-refractivity contribution in [2.24, 2.45) is 0 Å². The van der Waals surface area contributed by atoms with E-state index < -0.39 is 11.9 Å². The average molecular weight is 489 g/mol. The highest BCUT2D eigenvalue weighted by atomic mass is 35.5. The molecule has 1 aliphatic rings. The maximum absolute atomic E-state index is 13.7. The van der Waals surface area contributed by atoms with Crippen molar-refractivity contribution in [1.82, 2.24) is 4.98 Å². The predicted octanol–water partition coefficient (Wildman–Crippen LogP) is 5.47. The van der Waals surface area contributed by atoms with Crippen LogP contribution in [0.1, 0.15) is 33.3 Å². The molecule has 2 aromatic carbocycles. The number of aromatic nitrogens is 1. The van der Waals surface area contributed by atoms with Crippen LogP contribution < -0.4 is 19.8 Å². The largest absolute Gasteiger partial charge is 0.493 e. The Morgan fingerprint density at radius 3 is 2.71 bits per heavy atom. The highest BCUT2D eigenvalue weighted by Gasteiger charge is 2.44. The molecule has 8 heteroatoms. The third-order valence-corrected chi connectivity index (χ3v) is 6.08. The van der Waals surface area contributed by atoms with Gasteiger partial charge >= 0.3 is 0 Å². The number of ether oxygens (including phenoxy) is 2. The number of nitrogens with zero attached hydrogens (tertiary/aromatic N) is 2. The molecule has 7 nitrogen and oxygen atoms in total. The Morgan fingerprint density at radius 1 is 1.14 bits per heavy atom. The molecule has 0 saturated heterocycles. The number of hydrogen-bond acceptors (Lipinski definition) is 6. The van der Waals surface area contributed by atoms with Gasteiger partial charge in [-0.3, -0.25) is 14.5 Å². The van der Waals surface area contributed by atoms with Gasteiger partial charge in [-0.2, -0.15) is 0 Å². The first-order valence-electron chi connectivity index (χ1n) is 10.9. The Labute approximate surface area is 206 Å². The molecule has 0 fully saturated rings. The lowest BCUT2D eigenvalue weighted by atomic mass is 9.98. The van der Waals surface area contributed by atoms with Gasteiger partial charge in [-0.05, 0) is 60.5 Å². The Balaban J connectivity index is 1.77. The minimum absolute atomic E-state index is 0.0240. The summed E-state index contributed by atoms with van der Waals surface area (Å²) in [5.74, 6) is 0.889. The van der Waals surface area contributed by atoms with Crippen LogP contribution in [-0.4, -0.2) is 24.6 Å². The van der Waals surface area contributed by atoms with Gasteiger partial charge < -0.3 is 13.9 Å². The van der Waals surface area contributed by atoms with Crippen molar-refractivity contribution in [1.29, 1.82) is 0 Å². The third kappa shape index (κ3) is 3.84. The second-order valence-electron chi connectivity index (χ2n) is 8.09. The summed E-state index contributed by atoms with van der Waals surface area (Å²) >= 11 is 6.16. The molecule has 1 atom stereocenters. The van der Waals surface area contributed by atoms with Gasteiger partial charge in [-0.25, -0.2) is 4.98 Å². The van der Waals surface area contributed by atoms with Crippen LogP contribution in [0.5, 0.6) is 11.5 Å². The predicted molar refractivity (Wildman–Crippen MR) is 134 cm³/mol. The van der Waals surface area contributed by atoms with Crippen molar-refractivity contribution >= 4 is 34.3 Å². The topological polar surface area (TPSA) is 81.9 Å². The number of fused-ring (bicyclic) bond motifs is 2. The first-order valence-corrected chi connectivity index (χ1v) is 11.2. The molecule has 5 rings (SSSR count). The van der Waals surface area contributed by atoms with Gasteiger partial charge in [-0.15, -0.1) is 0 Å². The van der Waals surface area contributed by atoms with E-state index in [9.17, 15) is 9.59 Å². The standard InChI is InChI=1S/C27H21ClN2O5/c1-4-11-34-20-7-5-16(13-21(20)33-3)24-23-25(31)18-14-17(28)6-8-19(18)35-26(23)27(32)30(24)22-12-15(2)9-10-29-22/h4-10,12-14,24H,1,11H2,2-3H3. The van der Waals surface area contributed by atoms with E-state index >= 15 is 0 Å². The summed E-state index contributed by atoms with van der Waals surface area (Å²) in [4.78, 5) is 33.3. The molecule has 0 radical (unpaired) electrons. The van der Waals surface area contributed by atoms with Gasteiger partial charge in [0.1, 0.15) is 18.0 Å². The quantitative estimate of drug-likeness (QED) is 0.334. The molecule has 0 spiro atoms. The number of rotatable bonds is 6. The van der Waals surface area contributed by atoms with Gasteiger partial charge in [0.05, 0.1) is 24.1 Å². The van der Waals surface area contributed by atoms with Crippen molar-refractivity contribution in [3.63, 3.8) is 0 Å². The summed E-state index contributed by atoms with van der Waals surface area (Å²) in [6.45, 7) is 5.87. The minimum atomic E-state index is -0.797. The van der Waals surface area contributed by atoms with Gasteiger partial charge in [0.25, 0.3) is 5.91 Å². The summed E-state index contributed by atoms with van der Waals surface area (Å²) in [6.07, 6.45) is 3.25. The number of carbonyl (C=O) groups is 1. The lowest BCUT2D eigenvalue weighted by molar-refractivity contribution is 0.0970. The molecule has 0 N–H and O–H groups in total. The third-order valence-electron chi connectivity index (χ3n) is 5.84. The van der Waals surface area contributed by atoms with Crippen LogP contribution in [0.15, 0.2) is 76.6 Å². The van der Waals surface area contributed by atoms with Gasteiger partial charge in [0.15, 0.2) is 16.9 Å². The van der Waals surface area contributed by atoms with Crippen molar-refractivity contribution in [2.75, 3.05) is 18.6 Å². The maximum Gasteiger partial charge on any atom is 0.296 e. The number of pyridine rings is 1. The van der Waals surface area contributed by atoms with Gasteiger partial charge in [0.2, 0.25) is 5.76 Å². The lowest BCUT2D eigenvalue weighted by Crippen LogP contribution is -2.30. The molecule has 2 aromatic heterocycles. The molecule has 1 aliphatic heterocycles. The van der Waals surface area contributed by atoms with Crippen molar-refractivity contribution in [3.05, 3.63) is 105 Å². The zero-order valence-electron chi connectivity index (χ0n) is 19.1. The van der Waals surface area contributed by atoms with Crippen LogP contribution in [0.2, 0.25) is 5.02 Å². The molecule has 0 saturated carbocycles. The summed E-state index contributed by atoms with van der Waals surface area (Å²) in [6, 6.07) is 12.8. The second kappa shape index (κ2) is 8.92. The summed E-state index contributed by atoms with van der Waals surface area (Å²) in [5, 5.41) is 0.694. The monoisotopic (exact) mass is 488 g/mol. The van der Waals surface area contributed by atoms with Crippen LogP contribution in [0.3, 0.4) is 0 Å². The fourth-order valence-electron chi connectivity index (χ4n) is 4.27. The van der Waals surface area contributed by atoms with Gasteiger partial charge in [-0.1, -0.05) is 30.3 Å². The zero-order valence-corrected chi connectivity index (χ0v) is 19.8. The number of hydrogen-bond donors (Lipinski definition) is 0. The smallest absolute Gasteiger partial charge is 0.296 e. The number of amides is 1. The van der Waals surface area contributed by atoms with Crippen LogP contribution in [0.4, 0.5) is 5.82 Å². The molecule has 176 valence electrons. The Kier molecular flexibility index (Phi) is 5.78. The van der Waals surface area contributed by atoms with Crippen molar-refractivity contribution in [2.45, 2.75) is 13.0 Å². The normalized spacial score (nSPS) is 14.8. The summed E-state index contributed by atoms with van der Waals surface area (Å²) in [5.41, 5.74) is 1.73. The minimum Gasteiger partial charge on any atom is -0.493 e. The fourth-order valence-corrected chi connectivity index (χ4v) is 4.44. The maximum atomic E-state index is 13.7. The molecule has 4 aromatic rings. The van der Waals surface area contributed by atoms with Gasteiger partial charge in [0, 0.05) is 11.2 Å². The molecular weight excluding hydrogens is 468 g/mol. The van der Waals surface area contributed by atoms with E-state index in [2.05, 4.69) is 11.6 Å². The van der Waals surface area contributed by atoms with Crippen LogP contribution in [0.25, 0.3) is 11.0 Å². The number of aryl methyl sites for hydroxylation is 1. The molecule has 35 heavy (non-hydrogen) atoms. The van der Waals surface area contributed by atoms with Crippen LogP contribution in [0, 0.1) is 6.92 Å². The zero-order chi connectivity index (χ0) is 24.7. The molecular formula is C27H21ClN2O5. The average Bonchev–Trinajstić information content (AvgIpc) is 3.15. The number of benzene rings is 2. The summed E-state index contributed by atoms with van der Waals surface area (Å²) < 4.78 is 17.2. The summed E-state index contributed by atoms with van der Waals surface area (Å²) in [7, 11) is 1.53. The SMILES string of the molecule is C=CCOc1ccc(C2c3c(oc4ccc(Cl)cc4c3=O)C(=O)N2c2cc(C)ccn2)cc1OC. The van der Waals surface area contributed by atoms with E-state index in [1.165, 1.54) is 12.0 Å². The number of carbonyl (C=O) groups excluding carboxylic acids is 1. The number of anilines is 1. The first kappa shape index (κ1) is 22.7. The Morgan fingerprint density at radius 2 is 1.97 bits per heavy atom. The first-order chi connectivity index (χ1) is 16.9. The Bertz CT molecular complexity index is 1540. The van der Waals surface area contributed by atoms with E-state index in [4.69, 9.17) is 25.5 Å². The molecule has 1 unspecified atom stereocenters. The molecule has 0 bridgehead atoms. The van der Waals surface area contributed by atoms with E-state index in [-0.39, 0.29) is 22.3 Å². The van der Waals surface area contributed by atoms with Crippen molar-refractivity contribution in [3.8, 4) is 11.5 Å². The second-order valence-corrected chi connectivity index (χ2v) is 8.53. The highest BCUT2D eigenvalue weighted by Crippen LogP contribution is 2.43. The number of halogens is 1. The van der Waals surface area contributed by atoms with E-state index in [0.29, 0.717) is 39.9 Å². The fraction of sp³-hybridized carbons (Fsp3) is 0.148. The highest BCUT2D eigenvalue weighted by molar-refractivity contribution is 6.31. The molecule has 0 aliphatic carbocycles. The van der Waals surface area contributed by atoms with E-state index in [1.807, 2.05) is 13.0 Å². The lowest BCUT2D eigenvalue weighted by Gasteiger charge is -2.25. The van der Waals surface area contributed by atoms with Crippen LogP contribution in [-0.2, 0) is 0 Å². The Hall–Kier alpha value is -4.10. The van der Waals surface area contributed by atoms with E-state index in [1.54, 1.807) is 54.7 Å².